The molecule has 0 radical (unpaired) electrons. The van der Waals surface area contributed by atoms with Gasteiger partial charge in [-0.3, -0.25) is 0 Å². The van der Waals surface area contributed by atoms with Gasteiger partial charge >= 0.3 is 0 Å². The molecule has 6 heteroatoms. The van der Waals surface area contributed by atoms with Gasteiger partial charge < -0.3 is 10.1 Å². The molecule has 1 fully saturated rings. The first-order valence-corrected chi connectivity index (χ1v) is 5.95. The molecule has 1 saturated heterocycles. The van der Waals surface area contributed by atoms with Crippen LogP contribution in [0.3, 0.4) is 0 Å². The van der Waals surface area contributed by atoms with E-state index in [9.17, 15) is 0 Å². The van der Waals surface area contributed by atoms with Gasteiger partial charge in [-0.25, -0.2) is 9.97 Å². The molecule has 0 saturated carbocycles. The molecule has 2 rings (SSSR count). The highest BCUT2D eigenvalue weighted by molar-refractivity contribution is 9.10. The SMILES string of the molecule is Clc1ncnc(NC2CCOCC2)c1Br. The molecule has 1 aliphatic heterocycles. The van der Waals surface area contributed by atoms with E-state index in [2.05, 4.69) is 31.2 Å². The van der Waals surface area contributed by atoms with Crippen LogP contribution in [0.25, 0.3) is 0 Å². The van der Waals surface area contributed by atoms with Gasteiger partial charge in [-0.1, -0.05) is 11.6 Å². The van der Waals surface area contributed by atoms with Crippen molar-refractivity contribution in [2.45, 2.75) is 18.9 Å². The van der Waals surface area contributed by atoms with E-state index >= 15 is 0 Å². The first-order chi connectivity index (χ1) is 7.27. The summed E-state index contributed by atoms with van der Waals surface area (Å²) in [5.74, 6) is 0.752. The molecule has 15 heavy (non-hydrogen) atoms. The van der Waals surface area contributed by atoms with Crippen molar-refractivity contribution in [2.75, 3.05) is 18.5 Å². The second kappa shape index (κ2) is 5.09. The zero-order chi connectivity index (χ0) is 10.7. The number of anilines is 1. The Kier molecular flexibility index (Phi) is 3.77. The van der Waals surface area contributed by atoms with Gasteiger partial charge in [0.25, 0.3) is 0 Å². The van der Waals surface area contributed by atoms with E-state index in [1.165, 1.54) is 6.33 Å². The third-order valence-electron chi connectivity index (χ3n) is 2.31. The van der Waals surface area contributed by atoms with Gasteiger partial charge in [0.05, 0.1) is 4.47 Å². The van der Waals surface area contributed by atoms with Crippen molar-refractivity contribution in [1.82, 2.24) is 9.97 Å². The van der Waals surface area contributed by atoms with Crippen LogP contribution in [0.5, 0.6) is 0 Å². The standard InChI is InChI=1S/C9H11BrClN3O/c10-7-8(11)12-5-13-9(7)14-6-1-3-15-4-2-6/h5-6H,1-4H2,(H,12,13,14). The number of ether oxygens (including phenoxy) is 1. The van der Waals surface area contributed by atoms with Gasteiger partial charge in [-0.15, -0.1) is 0 Å². The minimum Gasteiger partial charge on any atom is -0.381 e. The second-order valence-corrected chi connectivity index (χ2v) is 4.51. The highest BCUT2D eigenvalue weighted by Gasteiger charge is 2.16. The van der Waals surface area contributed by atoms with Crippen LogP contribution in [0.1, 0.15) is 12.8 Å². The summed E-state index contributed by atoms with van der Waals surface area (Å²) >= 11 is 9.23. The second-order valence-electron chi connectivity index (χ2n) is 3.36. The van der Waals surface area contributed by atoms with Crippen LogP contribution in [0.4, 0.5) is 5.82 Å². The van der Waals surface area contributed by atoms with Crippen LogP contribution >= 0.6 is 27.5 Å². The van der Waals surface area contributed by atoms with Gasteiger partial charge in [0, 0.05) is 19.3 Å². The summed E-state index contributed by atoms with van der Waals surface area (Å²) in [7, 11) is 0. The topological polar surface area (TPSA) is 47.0 Å². The number of aromatic nitrogens is 2. The van der Waals surface area contributed by atoms with E-state index in [4.69, 9.17) is 16.3 Å². The Morgan fingerprint density at radius 2 is 2.13 bits per heavy atom. The zero-order valence-corrected chi connectivity index (χ0v) is 10.4. The fraction of sp³-hybridized carbons (Fsp3) is 0.556. The number of rotatable bonds is 2. The molecule has 0 bridgehead atoms. The number of nitrogens with zero attached hydrogens (tertiary/aromatic N) is 2. The molecule has 1 N–H and O–H groups in total. The van der Waals surface area contributed by atoms with E-state index < -0.39 is 0 Å². The number of hydrogen-bond donors (Lipinski definition) is 1. The quantitative estimate of drug-likeness (QED) is 0.851. The molecule has 0 aromatic carbocycles. The van der Waals surface area contributed by atoms with Crippen LogP contribution in [0, 0.1) is 0 Å². The van der Waals surface area contributed by atoms with Gasteiger partial charge in [0.1, 0.15) is 17.3 Å². The number of hydrogen-bond acceptors (Lipinski definition) is 4. The smallest absolute Gasteiger partial charge is 0.148 e. The number of halogens is 2. The molecule has 1 aromatic heterocycles. The maximum absolute atomic E-state index is 5.87. The van der Waals surface area contributed by atoms with E-state index in [1.807, 2.05) is 0 Å². The van der Waals surface area contributed by atoms with E-state index in [0.29, 0.717) is 11.2 Å². The van der Waals surface area contributed by atoms with Crippen LogP contribution in [-0.2, 0) is 4.74 Å². The lowest BCUT2D eigenvalue weighted by Crippen LogP contribution is -2.28. The van der Waals surface area contributed by atoms with Crippen LogP contribution in [-0.4, -0.2) is 29.2 Å². The number of nitrogens with one attached hydrogen (secondary N) is 1. The summed E-state index contributed by atoms with van der Waals surface area (Å²) in [6.45, 7) is 1.60. The Morgan fingerprint density at radius 3 is 2.87 bits per heavy atom. The summed E-state index contributed by atoms with van der Waals surface area (Å²) in [6.07, 6.45) is 3.44. The maximum atomic E-state index is 5.87. The minimum atomic E-state index is 0.404. The minimum absolute atomic E-state index is 0.404. The molecule has 1 aromatic rings. The molecule has 0 amide bonds. The Bertz CT molecular complexity index is 344. The van der Waals surface area contributed by atoms with Gasteiger partial charge in [0.15, 0.2) is 0 Å². The lowest BCUT2D eigenvalue weighted by atomic mass is 10.1. The highest BCUT2D eigenvalue weighted by Crippen LogP contribution is 2.27. The summed E-state index contributed by atoms with van der Waals surface area (Å²) in [5, 5.41) is 3.76. The van der Waals surface area contributed by atoms with E-state index in [-0.39, 0.29) is 0 Å². The van der Waals surface area contributed by atoms with Gasteiger partial charge in [-0.2, -0.15) is 0 Å². The summed E-state index contributed by atoms with van der Waals surface area (Å²) in [4.78, 5) is 8.01. The van der Waals surface area contributed by atoms with Crippen LogP contribution < -0.4 is 5.32 Å². The Morgan fingerprint density at radius 1 is 1.40 bits per heavy atom. The molecule has 0 spiro atoms. The van der Waals surface area contributed by atoms with Crippen molar-refractivity contribution in [3.05, 3.63) is 16.0 Å². The van der Waals surface area contributed by atoms with Crippen molar-refractivity contribution in [3.63, 3.8) is 0 Å². The summed E-state index contributed by atoms with van der Waals surface area (Å²) < 4.78 is 6.00. The predicted octanol–water partition coefficient (Wildman–Crippen LogP) is 2.48. The summed E-state index contributed by atoms with van der Waals surface area (Å²) in [5.41, 5.74) is 0. The highest BCUT2D eigenvalue weighted by atomic mass is 79.9. The molecule has 0 aliphatic carbocycles. The van der Waals surface area contributed by atoms with Crippen molar-refractivity contribution < 1.29 is 4.74 Å². The molecule has 0 atom stereocenters. The molecule has 82 valence electrons. The third kappa shape index (κ3) is 2.80. The normalized spacial score (nSPS) is 17.7. The molecular formula is C9H11BrClN3O. The Labute approximate surface area is 102 Å². The average Bonchev–Trinajstić information content (AvgIpc) is 2.26. The fourth-order valence-electron chi connectivity index (χ4n) is 1.48. The molecule has 2 heterocycles. The van der Waals surface area contributed by atoms with Crippen LogP contribution in [0.15, 0.2) is 10.8 Å². The molecule has 0 unspecified atom stereocenters. The lowest BCUT2D eigenvalue weighted by Gasteiger charge is -2.23. The zero-order valence-electron chi connectivity index (χ0n) is 8.04. The maximum Gasteiger partial charge on any atom is 0.148 e. The van der Waals surface area contributed by atoms with Crippen molar-refractivity contribution in [1.29, 1.82) is 0 Å². The van der Waals surface area contributed by atoms with Gasteiger partial charge in [-0.05, 0) is 28.8 Å². The third-order valence-corrected chi connectivity index (χ3v) is 3.58. The van der Waals surface area contributed by atoms with Crippen molar-refractivity contribution >= 4 is 33.3 Å². The Balaban J connectivity index is 2.06. The monoisotopic (exact) mass is 291 g/mol. The first kappa shape index (κ1) is 11.1. The molecule has 4 nitrogen and oxygen atoms in total. The van der Waals surface area contributed by atoms with Crippen molar-refractivity contribution in [3.8, 4) is 0 Å². The van der Waals surface area contributed by atoms with E-state index in [0.717, 1.165) is 36.3 Å². The molecular weight excluding hydrogens is 281 g/mol. The summed E-state index contributed by atoms with van der Waals surface area (Å²) in [6, 6.07) is 0.404. The molecule has 1 aliphatic rings. The fourth-order valence-corrected chi connectivity index (χ4v) is 1.94. The van der Waals surface area contributed by atoms with Gasteiger partial charge in [0.2, 0.25) is 0 Å². The predicted molar refractivity (Wildman–Crippen MR) is 62.2 cm³/mol. The van der Waals surface area contributed by atoms with Crippen molar-refractivity contribution in [2.24, 2.45) is 0 Å². The first-order valence-electron chi connectivity index (χ1n) is 4.77. The van der Waals surface area contributed by atoms with E-state index in [1.54, 1.807) is 0 Å². The van der Waals surface area contributed by atoms with Crippen LogP contribution in [0.2, 0.25) is 5.15 Å². The lowest BCUT2D eigenvalue weighted by molar-refractivity contribution is 0.0903. The average molecular weight is 293 g/mol. The largest absolute Gasteiger partial charge is 0.381 e. The Hall–Kier alpha value is -0.390.